The van der Waals surface area contributed by atoms with E-state index in [9.17, 15) is 14.7 Å². The lowest BCUT2D eigenvalue weighted by molar-refractivity contribution is -0.232. The van der Waals surface area contributed by atoms with Crippen LogP contribution in [0.25, 0.3) is 0 Å². The van der Waals surface area contributed by atoms with E-state index in [4.69, 9.17) is 13.9 Å². The first kappa shape index (κ1) is 16.1. The highest BCUT2D eigenvalue weighted by Crippen LogP contribution is 2.66. The van der Waals surface area contributed by atoms with Gasteiger partial charge < -0.3 is 19.0 Å². The van der Waals surface area contributed by atoms with Crippen molar-refractivity contribution in [2.24, 2.45) is 28.6 Å². The Bertz CT molecular complexity index is 782. The van der Waals surface area contributed by atoms with Crippen molar-refractivity contribution in [3.63, 3.8) is 0 Å². The maximum absolute atomic E-state index is 12.8. The molecule has 26 heavy (non-hydrogen) atoms. The monoisotopic (exact) mass is 358 g/mol. The minimum Gasteiger partial charge on any atom is -0.472 e. The summed E-state index contributed by atoms with van der Waals surface area (Å²) in [6, 6.07) is 1.72. The standard InChI is InChI=1S/C20H22O6/c1-19-12(18(23)26-15(16(19)21)11-6-8-24-9-11)5-7-20-10-25-17(22)13(20)3-2-4-14(19)20/h2-3,6,8-9,12-16,21H,4-5,7,10H2,1H3. The van der Waals surface area contributed by atoms with E-state index in [0.717, 1.165) is 12.8 Å². The summed E-state index contributed by atoms with van der Waals surface area (Å²) in [5.41, 5.74) is -0.366. The fourth-order valence-corrected chi connectivity index (χ4v) is 6.10. The van der Waals surface area contributed by atoms with Crippen LogP contribution in [0.2, 0.25) is 0 Å². The number of rotatable bonds is 1. The molecule has 2 aliphatic carbocycles. The van der Waals surface area contributed by atoms with Crippen LogP contribution < -0.4 is 0 Å². The molecular weight excluding hydrogens is 336 g/mol. The Balaban J connectivity index is 1.61. The van der Waals surface area contributed by atoms with E-state index in [-0.39, 0.29) is 35.1 Å². The first-order valence-electron chi connectivity index (χ1n) is 9.22. The molecule has 0 aromatic carbocycles. The van der Waals surface area contributed by atoms with Gasteiger partial charge in [0.05, 0.1) is 31.0 Å². The molecule has 0 bridgehead atoms. The summed E-state index contributed by atoms with van der Waals surface area (Å²) in [7, 11) is 0. The van der Waals surface area contributed by atoms with Crippen LogP contribution in [0.15, 0.2) is 35.2 Å². The summed E-state index contributed by atoms with van der Waals surface area (Å²) in [4.78, 5) is 25.1. The van der Waals surface area contributed by atoms with Crippen molar-refractivity contribution >= 4 is 11.9 Å². The molecule has 6 nitrogen and oxygen atoms in total. The van der Waals surface area contributed by atoms with Gasteiger partial charge in [-0.2, -0.15) is 0 Å². The van der Waals surface area contributed by atoms with Crippen molar-refractivity contribution in [1.29, 1.82) is 0 Å². The number of aliphatic hydroxyl groups excluding tert-OH is 1. The highest BCUT2D eigenvalue weighted by molar-refractivity contribution is 5.79. The van der Waals surface area contributed by atoms with E-state index in [0.29, 0.717) is 18.6 Å². The molecule has 5 rings (SSSR count). The number of cyclic esters (lactones) is 2. The maximum atomic E-state index is 12.8. The third-order valence-electron chi connectivity index (χ3n) is 7.47. The Labute approximate surface area is 151 Å². The topological polar surface area (TPSA) is 86.0 Å². The summed E-state index contributed by atoms with van der Waals surface area (Å²) in [6.07, 6.45) is 7.42. The van der Waals surface area contributed by atoms with E-state index < -0.39 is 17.6 Å². The number of hydrogen-bond acceptors (Lipinski definition) is 6. The Morgan fingerprint density at radius 2 is 2.12 bits per heavy atom. The van der Waals surface area contributed by atoms with Crippen LogP contribution in [0.4, 0.5) is 0 Å². The number of carbonyl (C=O) groups is 2. The number of allylic oxidation sites excluding steroid dienone is 1. The Kier molecular flexibility index (Phi) is 3.24. The first-order valence-corrected chi connectivity index (χ1v) is 9.22. The molecule has 1 spiro atoms. The van der Waals surface area contributed by atoms with E-state index in [1.807, 2.05) is 19.1 Å². The molecule has 7 atom stereocenters. The minimum absolute atomic E-state index is 0.0209. The van der Waals surface area contributed by atoms with Crippen molar-refractivity contribution in [3.8, 4) is 0 Å². The minimum atomic E-state index is -0.868. The molecule has 1 saturated carbocycles. The maximum Gasteiger partial charge on any atom is 0.313 e. The van der Waals surface area contributed by atoms with Crippen LogP contribution in [0.5, 0.6) is 0 Å². The predicted molar refractivity (Wildman–Crippen MR) is 88.5 cm³/mol. The SMILES string of the molecule is CC12C(CCC34COC(=O)C3C=CCC41)C(=O)OC(c1ccoc1)C2O. The van der Waals surface area contributed by atoms with Crippen LogP contribution in [-0.4, -0.2) is 29.8 Å². The highest BCUT2D eigenvalue weighted by atomic mass is 16.6. The van der Waals surface area contributed by atoms with Gasteiger partial charge in [-0.25, -0.2) is 0 Å². The molecule has 3 fully saturated rings. The highest BCUT2D eigenvalue weighted by Gasteiger charge is 2.69. The number of aliphatic hydroxyl groups is 1. The summed E-state index contributed by atoms with van der Waals surface area (Å²) >= 11 is 0. The molecule has 0 amide bonds. The Morgan fingerprint density at radius 1 is 1.27 bits per heavy atom. The lowest BCUT2D eigenvalue weighted by Gasteiger charge is -2.60. The molecule has 2 aliphatic heterocycles. The van der Waals surface area contributed by atoms with Crippen molar-refractivity contribution in [3.05, 3.63) is 36.3 Å². The first-order chi connectivity index (χ1) is 12.5. The lowest BCUT2D eigenvalue weighted by Crippen LogP contribution is -2.63. The zero-order valence-electron chi connectivity index (χ0n) is 14.6. The molecule has 1 N–H and O–H groups in total. The summed E-state index contributed by atoms with van der Waals surface area (Å²) in [6.45, 7) is 2.35. The zero-order valence-corrected chi connectivity index (χ0v) is 14.6. The van der Waals surface area contributed by atoms with Crippen LogP contribution in [0, 0.1) is 28.6 Å². The van der Waals surface area contributed by atoms with Gasteiger partial charge in [-0.1, -0.05) is 19.1 Å². The third-order valence-corrected chi connectivity index (χ3v) is 7.47. The molecule has 1 aromatic rings. The number of furan rings is 1. The molecule has 1 aromatic heterocycles. The smallest absolute Gasteiger partial charge is 0.313 e. The average Bonchev–Trinajstić information content (AvgIpc) is 3.27. The van der Waals surface area contributed by atoms with Gasteiger partial charge in [0.25, 0.3) is 0 Å². The molecule has 4 aliphatic rings. The van der Waals surface area contributed by atoms with Crippen molar-refractivity contribution in [1.82, 2.24) is 0 Å². The quantitative estimate of drug-likeness (QED) is 0.613. The van der Waals surface area contributed by atoms with Gasteiger partial charge in [0.1, 0.15) is 6.10 Å². The zero-order chi connectivity index (χ0) is 18.1. The van der Waals surface area contributed by atoms with Gasteiger partial charge >= 0.3 is 11.9 Å². The Morgan fingerprint density at radius 3 is 2.88 bits per heavy atom. The fraction of sp³-hybridized carbons (Fsp3) is 0.600. The molecule has 7 unspecified atom stereocenters. The second-order valence-corrected chi connectivity index (χ2v) is 8.35. The van der Waals surface area contributed by atoms with Crippen molar-refractivity contribution in [2.45, 2.75) is 38.4 Å². The molecular formula is C20H22O6. The second kappa shape index (κ2) is 5.22. The van der Waals surface area contributed by atoms with Crippen molar-refractivity contribution in [2.75, 3.05) is 6.61 Å². The number of esters is 2. The molecule has 138 valence electrons. The van der Waals surface area contributed by atoms with Crippen LogP contribution in [-0.2, 0) is 19.1 Å². The third kappa shape index (κ3) is 1.80. The largest absolute Gasteiger partial charge is 0.472 e. The van der Waals surface area contributed by atoms with E-state index in [1.165, 1.54) is 12.5 Å². The molecule has 3 heterocycles. The molecule has 2 saturated heterocycles. The van der Waals surface area contributed by atoms with Crippen molar-refractivity contribution < 1.29 is 28.6 Å². The van der Waals surface area contributed by atoms with E-state index in [1.54, 1.807) is 6.07 Å². The van der Waals surface area contributed by atoms with Gasteiger partial charge in [-0.15, -0.1) is 0 Å². The summed E-state index contributed by atoms with van der Waals surface area (Å²) < 4.78 is 16.2. The predicted octanol–water partition coefficient (Wildman–Crippen LogP) is 2.39. The van der Waals surface area contributed by atoms with Gasteiger partial charge in [0, 0.05) is 16.4 Å². The van der Waals surface area contributed by atoms with Crippen LogP contribution >= 0.6 is 0 Å². The Hall–Kier alpha value is -2.08. The van der Waals surface area contributed by atoms with E-state index in [2.05, 4.69) is 0 Å². The number of fused-ring (bicyclic) bond motifs is 2. The lowest BCUT2D eigenvalue weighted by atomic mass is 9.44. The number of carbonyl (C=O) groups excluding carboxylic acids is 2. The molecule has 6 heteroatoms. The second-order valence-electron chi connectivity index (χ2n) is 8.35. The van der Waals surface area contributed by atoms with E-state index >= 15 is 0 Å². The fourth-order valence-electron chi connectivity index (χ4n) is 6.10. The van der Waals surface area contributed by atoms with Gasteiger partial charge in [0.15, 0.2) is 6.10 Å². The number of ether oxygens (including phenoxy) is 2. The van der Waals surface area contributed by atoms with Gasteiger partial charge in [-0.05, 0) is 31.2 Å². The molecule has 0 radical (unpaired) electrons. The van der Waals surface area contributed by atoms with Crippen LogP contribution in [0.1, 0.15) is 37.9 Å². The van der Waals surface area contributed by atoms with Gasteiger partial charge in [-0.3, -0.25) is 9.59 Å². The van der Waals surface area contributed by atoms with Gasteiger partial charge in [0.2, 0.25) is 0 Å². The summed E-state index contributed by atoms with van der Waals surface area (Å²) in [5, 5.41) is 11.4. The van der Waals surface area contributed by atoms with Crippen LogP contribution in [0.3, 0.4) is 0 Å². The number of hydrogen-bond donors (Lipinski definition) is 1. The summed E-state index contributed by atoms with van der Waals surface area (Å²) in [5.74, 6) is -1.13. The average molecular weight is 358 g/mol. The normalized spacial score (nSPS) is 46.8.